The van der Waals surface area contributed by atoms with Gasteiger partial charge in [-0.15, -0.1) is 0 Å². The topological polar surface area (TPSA) is 171 Å². The molecule has 11 heteroatoms. The Morgan fingerprint density at radius 2 is 2.08 bits per heavy atom. The summed E-state index contributed by atoms with van der Waals surface area (Å²) in [7, 11) is 0. The molecule has 0 saturated carbocycles. The van der Waals surface area contributed by atoms with Gasteiger partial charge >= 0.3 is 11.4 Å². The number of hydrogen-bond acceptors (Lipinski definition) is 8. The number of aromatic nitrogens is 2. The van der Waals surface area contributed by atoms with Crippen LogP contribution in [-0.4, -0.2) is 37.2 Å². The van der Waals surface area contributed by atoms with E-state index < -0.39 is 33.7 Å². The third-order valence-corrected chi connectivity index (χ3v) is 2.80. The average Bonchev–Trinajstić information content (AvgIpc) is 2.47. The third kappa shape index (κ3) is 3.71. The molecule has 24 heavy (non-hydrogen) atoms. The fraction of sp³-hybridized carbons (Fsp3) is 0.0769. The lowest BCUT2D eigenvalue weighted by Crippen LogP contribution is -2.24. The van der Waals surface area contributed by atoms with E-state index in [2.05, 4.69) is 20.5 Å². The molecular weight excluding hydrogens is 322 g/mol. The van der Waals surface area contributed by atoms with Crippen LogP contribution in [0.15, 0.2) is 28.1 Å². The molecule has 124 valence electrons. The molecular formula is C13H11N5O6. The van der Waals surface area contributed by atoms with Gasteiger partial charge in [0.05, 0.1) is 11.1 Å². The van der Waals surface area contributed by atoms with Crippen molar-refractivity contribution in [2.75, 3.05) is 0 Å². The largest absolute Gasteiger partial charge is 0.507 e. The van der Waals surface area contributed by atoms with Gasteiger partial charge in [-0.1, -0.05) is 0 Å². The maximum Gasteiger partial charge on any atom is 0.345 e. The van der Waals surface area contributed by atoms with Crippen molar-refractivity contribution in [2.45, 2.75) is 6.92 Å². The summed E-state index contributed by atoms with van der Waals surface area (Å²) in [6, 6.07) is 2.99. The number of aromatic hydroxyl groups is 2. The van der Waals surface area contributed by atoms with Gasteiger partial charge in [0, 0.05) is 23.4 Å². The van der Waals surface area contributed by atoms with Gasteiger partial charge in [0.2, 0.25) is 0 Å². The molecule has 1 amide bonds. The van der Waals surface area contributed by atoms with Crippen molar-refractivity contribution in [3.8, 4) is 11.5 Å². The summed E-state index contributed by atoms with van der Waals surface area (Å²) < 4.78 is 0. The highest BCUT2D eigenvalue weighted by molar-refractivity contribution is 5.93. The van der Waals surface area contributed by atoms with E-state index in [-0.39, 0.29) is 11.3 Å². The van der Waals surface area contributed by atoms with Crippen LogP contribution in [0.4, 0.5) is 5.69 Å². The molecule has 0 unspecified atom stereocenters. The number of hydrogen-bond donors (Lipinski definition) is 4. The summed E-state index contributed by atoms with van der Waals surface area (Å²) in [5.41, 5.74) is 0.887. The fourth-order valence-electron chi connectivity index (χ4n) is 1.75. The van der Waals surface area contributed by atoms with E-state index in [0.29, 0.717) is 5.69 Å². The van der Waals surface area contributed by atoms with Gasteiger partial charge in [-0.2, -0.15) is 10.1 Å². The number of H-pyrrole nitrogens is 1. The zero-order chi connectivity index (χ0) is 17.9. The number of rotatable bonds is 4. The maximum absolute atomic E-state index is 11.8. The monoisotopic (exact) mass is 333 g/mol. The standard InChI is InChI=1S/C13H11N5O6/c1-6-2-8(16-13(22)15-6)12(21)17-14-5-7-3-9(18(23)24)11(20)4-10(7)19/h2-5,19-20H,1H3,(H,17,21)(H,15,16,22)/b14-5+. The van der Waals surface area contributed by atoms with Crippen LogP contribution in [0.25, 0.3) is 0 Å². The first kappa shape index (κ1) is 16.6. The number of nitrogens with one attached hydrogen (secondary N) is 2. The molecule has 0 saturated heterocycles. The van der Waals surface area contributed by atoms with Crippen LogP contribution in [0, 0.1) is 17.0 Å². The molecule has 0 aliphatic heterocycles. The number of aryl methyl sites for hydroxylation is 1. The van der Waals surface area contributed by atoms with E-state index in [1.807, 2.05) is 0 Å². The zero-order valence-corrected chi connectivity index (χ0v) is 12.2. The predicted molar refractivity (Wildman–Crippen MR) is 81.1 cm³/mol. The van der Waals surface area contributed by atoms with E-state index in [9.17, 15) is 29.9 Å². The maximum atomic E-state index is 11.8. The van der Waals surface area contributed by atoms with Gasteiger partial charge in [0.1, 0.15) is 11.4 Å². The summed E-state index contributed by atoms with van der Waals surface area (Å²) in [4.78, 5) is 38.7. The van der Waals surface area contributed by atoms with Crippen molar-refractivity contribution in [3.05, 3.63) is 55.7 Å². The molecule has 11 nitrogen and oxygen atoms in total. The van der Waals surface area contributed by atoms with Crippen LogP contribution < -0.4 is 11.1 Å². The van der Waals surface area contributed by atoms with Crippen LogP contribution in [0.3, 0.4) is 0 Å². The lowest BCUT2D eigenvalue weighted by molar-refractivity contribution is -0.385. The van der Waals surface area contributed by atoms with Crippen LogP contribution in [-0.2, 0) is 0 Å². The average molecular weight is 333 g/mol. The van der Waals surface area contributed by atoms with Crippen molar-refractivity contribution >= 4 is 17.8 Å². The zero-order valence-electron chi connectivity index (χ0n) is 12.2. The summed E-state index contributed by atoms with van der Waals surface area (Å²) in [5.74, 6) is -1.96. The van der Waals surface area contributed by atoms with Crippen molar-refractivity contribution < 1.29 is 19.9 Å². The minimum absolute atomic E-state index is 0.102. The lowest BCUT2D eigenvalue weighted by atomic mass is 10.2. The number of nitro groups is 1. The molecule has 2 rings (SSSR count). The van der Waals surface area contributed by atoms with Crippen LogP contribution in [0.5, 0.6) is 11.5 Å². The SMILES string of the molecule is Cc1cc(C(=O)N/N=C/c2cc([N+](=O)[O-])c(O)cc2O)nc(=O)[nH]1. The second kappa shape index (κ2) is 6.56. The van der Waals surface area contributed by atoms with Gasteiger partial charge in [0.15, 0.2) is 5.75 Å². The van der Waals surface area contributed by atoms with Crippen molar-refractivity contribution in [1.29, 1.82) is 0 Å². The van der Waals surface area contributed by atoms with Crippen LogP contribution in [0.2, 0.25) is 0 Å². The van der Waals surface area contributed by atoms with Crippen molar-refractivity contribution in [2.24, 2.45) is 5.10 Å². The Hall–Kier alpha value is -3.76. The molecule has 1 heterocycles. The fourth-order valence-corrected chi connectivity index (χ4v) is 1.75. The Labute approximate surface area is 133 Å². The van der Waals surface area contributed by atoms with E-state index in [1.165, 1.54) is 6.07 Å². The number of nitrogens with zero attached hydrogens (tertiary/aromatic N) is 3. The Morgan fingerprint density at radius 3 is 2.71 bits per heavy atom. The molecule has 0 fully saturated rings. The Bertz CT molecular complexity index is 904. The molecule has 1 aromatic carbocycles. The number of phenolic OH excluding ortho intramolecular Hbond substituents is 2. The summed E-state index contributed by atoms with van der Waals surface area (Å²) >= 11 is 0. The molecule has 0 bridgehead atoms. The van der Waals surface area contributed by atoms with Gasteiger partial charge in [-0.3, -0.25) is 14.9 Å². The van der Waals surface area contributed by atoms with Gasteiger partial charge in [-0.25, -0.2) is 10.2 Å². The van der Waals surface area contributed by atoms with Crippen molar-refractivity contribution in [3.63, 3.8) is 0 Å². The number of carbonyl (C=O) groups is 1. The lowest BCUT2D eigenvalue weighted by Gasteiger charge is -2.02. The number of carbonyl (C=O) groups excluding carboxylic acids is 1. The van der Waals surface area contributed by atoms with E-state index >= 15 is 0 Å². The number of aromatic amines is 1. The quantitative estimate of drug-likeness (QED) is 0.350. The first-order valence-electron chi connectivity index (χ1n) is 6.39. The molecule has 4 N–H and O–H groups in total. The van der Waals surface area contributed by atoms with Gasteiger partial charge in [-0.05, 0) is 13.0 Å². The van der Waals surface area contributed by atoms with E-state index in [4.69, 9.17) is 0 Å². The minimum Gasteiger partial charge on any atom is -0.507 e. The smallest absolute Gasteiger partial charge is 0.345 e. The molecule has 2 aromatic rings. The molecule has 0 spiro atoms. The van der Waals surface area contributed by atoms with Gasteiger partial charge in [0.25, 0.3) is 5.91 Å². The highest BCUT2D eigenvalue weighted by Gasteiger charge is 2.16. The summed E-state index contributed by atoms with van der Waals surface area (Å²) in [6.45, 7) is 1.57. The molecule has 0 radical (unpaired) electrons. The minimum atomic E-state index is -0.840. The molecule has 1 aromatic heterocycles. The highest BCUT2D eigenvalue weighted by atomic mass is 16.6. The molecule has 0 aliphatic carbocycles. The summed E-state index contributed by atoms with van der Waals surface area (Å²) in [5, 5.41) is 33.2. The Morgan fingerprint density at radius 1 is 1.38 bits per heavy atom. The second-order valence-corrected chi connectivity index (χ2v) is 4.61. The normalized spacial score (nSPS) is 10.7. The number of hydrazone groups is 1. The number of nitro benzene ring substituents is 1. The third-order valence-electron chi connectivity index (χ3n) is 2.80. The molecule has 0 atom stereocenters. The van der Waals surface area contributed by atoms with E-state index in [0.717, 1.165) is 18.3 Å². The summed E-state index contributed by atoms with van der Waals surface area (Å²) in [6.07, 6.45) is 0.944. The first-order chi connectivity index (χ1) is 11.3. The molecule has 0 aliphatic rings. The van der Waals surface area contributed by atoms with E-state index in [1.54, 1.807) is 6.92 Å². The highest BCUT2D eigenvalue weighted by Crippen LogP contribution is 2.31. The number of amides is 1. The number of benzene rings is 1. The van der Waals surface area contributed by atoms with Gasteiger partial charge < -0.3 is 15.2 Å². The Kier molecular flexibility index (Phi) is 4.54. The predicted octanol–water partition coefficient (Wildman–Crippen LogP) is 0.162. The van der Waals surface area contributed by atoms with Crippen LogP contribution in [0.1, 0.15) is 21.7 Å². The van der Waals surface area contributed by atoms with Crippen molar-refractivity contribution in [1.82, 2.24) is 15.4 Å². The second-order valence-electron chi connectivity index (χ2n) is 4.61. The Balaban J connectivity index is 2.19. The first-order valence-corrected chi connectivity index (χ1v) is 6.39. The number of phenols is 2. The van der Waals surface area contributed by atoms with Crippen LogP contribution >= 0.6 is 0 Å².